The number of carboxylic acids is 3. The molecule has 12 heteroatoms. The molecule has 2 aromatic rings. The molecule has 1 fully saturated rings. The quantitative estimate of drug-likeness (QED) is 0.299. The van der Waals surface area contributed by atoms with E-state index in [4.69, 9.17) is 20.4 Å². The summed E-state index contributed by atoms with van der Waals surface area (Å²) in [7, 11) is 0. The Morgan fingerprint density at radius 1 is 0.878 bits per heavy atom. The van der Waals surface area contributed by atoms with Gasteiger partial charge >= 0.3 is 17.9 Å². The summed E-state index contributed by atoms with van der Waals surface area (Å²) in [4.78, 5) is 47.4. The Balaban J connectivity index is 0.000000302. The highest BCUT2D eigenvalue weighted by Gasteiger charge is 2.40. The minimum Gasteiger partial charge on any atom is -0.481 e. The third-order valence-electron chi connectivity index (χ3n) is 7.09. The number of fused-ring (bicyclic) bond motifs is 1. The van der Waals surface area contributed by atoms with Crippen molar-refractivity contribution in [2.75, 3.05) is 31.1 Å². The molecule has 11 nitrogen and oxygen atoms in total. The summed E-state index contributed by atoms with van der Waals surface area (Å²) >= 11 is 0. The van der Waals surface area contributed by atoms with Crippen LogP contribution in [0.2, 0.25) is 0 Å². The minimum atomic E-state index is -2.74. The molecule has 0 aromatic heterocycles. The van der Waals surface area contributed by atoms with Gasteiger partial charge in [0.2, 0.25) is 0 Å². The number of rotatable bonds is 9. The normalized spacial score (nSPS) is 16.1. The number of halogens is 1. The third kappa shape index (κ3) is 8.81. The van der Waals surface area contributed by atoms with Crippen LogP contribution in [0.15, 0.2) is 42.5 Å². The average molecular weight is 575 g/mol. The lowest BCUT2D eigenvalue weighted by atomic mass is 9.96. The van der Waals surface area contributed by atoms with Crippen LogP contribution in [0.5, 0.6) is 0 Å². The van der Waals surface area contributed by atoms with Gasteiger partial charge in [-0.15, -0.1) is 0 Å². The summed E-state index contributed by atoms with van der Waals surface area (Å²) < 4.78 is 13.5. The van der Waals surface area contributed by atoms with Crippen molar-refractivity contribution in [3.63, 3.8) is 0 Å². The van der Waals surface area contributed by atoms with Gasteiger partial charge in [-0.3, -0.25) is 14.4 Å². The summed E-state index contributed by atoms with van der Waals surface area (Å²) in [6.07, 6.45) is 2.62. The number of hydrogen-bond donors (Lipinski definition) is 5. The van der Waals surface area contributed by atoms with Gasteiger partial charge in [-0.1, -0.05) is 24.6 Å². The molecule has 222 valence electrons. The number of piperidine rings is 1. The maximum Gasteiger partial charge on any atom is 0.336 e. The van der Waals surface area contributed by atoms with Gasteiger partial charge in [0.05, 0.1) is 18.9 Å². The van der Waals surface area contributed by atoms with Crippen LogP contribution in [0.25, 0.3) is 0 Å². The number of aliphatic hydroxyl groups is 2. The highest BCUT2D eigenvalue weighted by molar-refractivity contribution is 6.06. The van der Waals surface area contributed by atoms with Crippen LogP contribution >= 0.6 is 0 Å². The fourth-order valence-electron chi connectivity index (χ4n) is 5.02. The topological polar surface area (TPSA) is 176 Å². The van der Waals surface area contributed by atoms with E-state index in [9.17, 15) is 28.7 Å². The van der Waals surface area contributed by atoms with Crippen LogP contribution in [0.4, 0.5) is 10.1 Å². The number of carboxylic acid groups (broad SMARTS) is 3. The van der Waals surface area contributed by atoms with E-state index in [1.54, 1.807) is 17.0 Å². The second-order valence-corrected chi connectivity index (χ2v) is 10.3. The van der Waals surface area contributed by atoms with Gasteiger partial charge in [-0.05, 0) is 74.2 Å². The predicted octanol–water partition coefficient (Wildman–Crippen LogP) is 2.69. The molecular weight excluding hydrogens is 539 g/mol. The number of aryl methyl sites for hydroxylation is 1. The zero-order valence-corrected chi connectivity index (χ0v) is 22.5. The van der Waals surface area contributed by atoms with E-state index in [0.29, 0.717) is 18.7 Å². The lowest BCUT2D eigenvalue weighted by molar-refractivity contribution is -0.170. The van der Waals surface area contributed by atoms with E-state index in [-0.39, 0.29) is 5.91 Å². The highest BCUT2D eigenvalue weighted by atomic mass is 19.1. The van der Waals surface area contributed by atoms with Crippen molar-refractivity contribution in [1.82, 2.24) is 4.90 Å². The molecule has 1 unspecified atom stereocenters. The smallest absolute Gasteiger partial charge is 0.336 e. The Labute approximate surface area is 236 Å². The number of carbonyl (C=O) groups excluding carboxylic acids is 1. The summed E-state index contributed by atoms with van der Waals surface area (Å²) in [5, 5.41) is 44.5. The number of amides is 1. The second kappa shape index (κ2) is 14.2. The fourth-order valence-corrected chi connectivity index (χ4v) is 5.02. The van der Waals surface area contributed by atoms with Gasteiger partial charge in [-0.2, -0.15) is 0 Å². The standard InChI is InChI=1S/C23H27FN2O2.C6H8O7/c24-20-8-4-6-19(15-20)23(28)26-13-5-7-17-14-18(9-10-21(17)26)22(27)16-25-11-2-1-3-12-25;7-3(8)1-6(13,5(11)12)2-4(9)10/h4,6,8-10,14-15,22,27H,1-3,5,7,11-13,16H2;13H,1-2H2,(H,7,8)(H,9,10)(H,11,12). The molecule has 1 saturated heterocycles. The Bertz CT molecular complexity index is 1250. The Hall–Kier alpha value is -3.87. The van der Waals surface area contributed by atoms with Gasteiger partial charge < -0.3 is 35.3 Å². The van der Waals surface area contributed by atoms with Gasteiger partial charge in [0.15, 0.2) is 5.60 Å². The molecule has 0 bridgehead atoms. The van der Waals surface area contributed by atoms with Crippen molar-refractivity contribution < 1.29 is 49.1 Å². The zero-order valence-electron chi connectivity index (χ0n) is 22.5. The molecular formula is C29H35FN2O9. The number of carbonyl (C=O) groups is 4. The van der Waals surface area contributed by atoms with Crippen LogP contribution in [-0.4, -0.2) is 86.0 Å². The zero-order chi connectivity index (χ0) is 30.2. The van der Waals surface area contributed by atoms with Crippen LogP contribution in [0.1, 0.15) is 66.1 Å². The van der Waals surface area contributed by atoms with E-state index in [2.05, 4.69) is 4.90 Å². The summed E-state index contributed by atoms with van der Waals surface area (Å²) in [6, 6.07) is 11.7. The molecule has 2 aliphatic heterocycles. The SMILES string of the molecule is O=C(O)CC(O)(CC(=O)O)C(=O)O.O=C(c1cccc(F)c1)N1CCCc2cc(C(O)CN3CCCCC3)ccc21. The lowest BCUT2D eigenvalue weighted by Crippen LogP contribution is -2.42. The van der Waals surface area contributed by atoms with Crippen molar-refractivity contribution in [2.45, 2.75) is 56.7 Å². The Kier molecular flexibility index (Phi) is 10.9. The van der Waals surface area contributed by atoms with Crippen molar-refractivity contribution >= 4 is 29.5 Å². The first-order valence-electron chi connectivity index (χ1n) is 13.4. The first kappa shape index (κ1) is 31.7. The highest BCUT2D eigenvalue weighted by Crippen LogP contribution is 2.31. The van der Waals surface area contributed by atoms with Crippen molar-refractivity contribution in [3.05, 3.63) is 65.0 Å². The average Bonchev–Trinajstić information content (AvgIpc) is 2.92. The van der Waals surface area contributed by atoms with Crippen LogP contribution in [-0.2, 0) is 20.8 Å². The molecule has 2 aromatic carbocycles. The number of hydrogen-bond acceptors (Lipinski definition) is 7. The van der Waals surface area contributed by atoms with E-state index < -0.39 is 48.3 Å². The molecule has 0 spiro atoms. The number of β-amino-alcohol motifs (C(OH)–C–C–N with tert-alkyl or cyclic N) is 1. The molecule has 5 N–H and O–H groups in total. The summed E-state index contributed by atoms with van der Waals surface area (Å²) in [5.41, 5.74) is 0.476. The summed E-state index contributed by atoms with van der Waals surface area (Å²) in [6.45, 7) is 3.39. The number of anilines is 1. The molecule has 41 heavy (non-hydrogen) atoms. The molecule has 2 heterocycles. The van der Waals surface area contributed by atoms with Crippen molar-refractivity contribution in [2.24, 2.45) is 0 Å². The first-order chi connectivity index (χ1) is 19.4. The van der Waals surface area contributed by atoms with Crippen LogP contribution in [0.3, 0.4) is 0 Å². The molecule has 1 amide bonds. The fraction of sp³-hybridized carbons (Fsp3) is 0.448. The van der Waals surface area contributed by atoms with Crippen molar-refractivity contribution in [1.29, 1.82) is 0 Å². The lowest BCUT2D eigenvalue weighted by Gasteiger charge is -2.31. The van der Waals surface area contributed by atoms with Gasteiger partial charge in [0.1, 0.15) is 5.82 Å². The predicted molar refractivity (Wildman–Crippen MR) is 145 cm³/mol. The maximum atomic E-state index is 13.5. The number of nitrogens with zero attached hydrogens (tertiary/aromatic N) is 2. The van der Waals surface area contributed by atoms with Gasteiger partial charge in [0.25, 0.3) is 5.91 Å². The number of likely N-dealkylation sites (tertiary alicyclic amines) is 1. The molecule has 2 aliphatic rings. The van der Waals surface area contributed by atoms with E-state index >= 15 is 0 Å². The maximum absolute atomic E-state index is 13.5. The minimum absolute atomic E-state index is 0.179. The Morgan fingerprint density at radius 3 is 2.12 bits per heavy atom. The van der Waals surface area contributed by atoms with E-state index in [0.717, 1.165) is 42.7 Å². The molecule has 0 saturated carbocycles. The number of aliphatic carboxylic acids is 3. The largest absolute Gasteiger partial charge is 0.481 e. The molecule has 1 atom stereocenters. The summed E-state index contributed by atoms with van der Waals surface area (Å²) in [5.74, 6) is -5.60. The molecule has 0 radical (unpaired) electrons. The van der Waals surface area contributed by atoms with Crippen LogP contribution in [0, 0.1) is 5.82 Å². The van der Waals surface area contributed by atoms with Crippen LogP contribution < -0.4 is 4.90 Å². The van der Waals surface area contributed by atoms with Gasteiger partial charge in [0, 0.05) is 24.3 Å². The first-order valence-corrected chi connectivity index (χ1v) is 13.4. The Morgan fingerprint density at radius 2 is 1.54 bits per heavy atom. The molecule has 4 rings (SSSR count). The molecule has 0 aliphatic carbocycles. The van der Waals surface area contributed by atoms with E-state index in [1.165, 1.54) is 31.4 Å². The van der Waals surface area contributed by atoms with Gasteiger partial charge in [-0.25, -0.2) is 9.18 Å². The second-order valence-electron chi connectivity index (χ2n) is 10.3. The monoisotopic (exact) mass is 574 g/mol. The number of benzene rings is 2. The van der Waals surface area contributed by atoms with E-state index in [1.807, 2.05) is 18.2 Å². The van der Waals surface area contributed by atoms with Crippen molar-refractivity contribution in [3.8, 4) is 0 Å². The third-order valence-corrected chi connectivity index (χ3v) is 7.09. The number of aliphatic hydroxyl groups excluding tert-OH is 1.